The molecule has 0 aliphatic heterocycles. The summed E-state index contributed by atoms with van der Waals surface area (Å²) >= 11 is 0. The van der Waals surface area contributed by atoms with Gasteiger partial charge in [0.1, 0.15) is 11.5 Å². The van der Waals surface area contributed by atoms with Crippen molar-refractivity contribution in [3.8, 4) is 11.5 Å². The van der Waals surface area contributed by atoms with Crippen molar-refractivity contribution in [2.75, 3.05) is 47.8 Å². The monoisotopic (exact) mass is 392 g/mol. The molecule has 2 unspecified atom stereocenters. The molecule has 0 aliphatic rings. The van der Waals surface area contributed by atoms with Crippen LogP contribution in [-0.4, -0.2) is 52.9 Å². The third kappa shape index (κ3) is 7.10. The van der Waals surface area contributed by atoms with Gasteiger partial charge in [-0.05, 0) is 36.4 Å². The molecule has 0 amide bonds. The van der Waals surface area contributed by atoms with E-state index in [-0.39, 0.29) is 0 Å². The van der Waals surface area contributed by atoms with Crippen LogP contribution in [0.3, 0.4) is 0 Å². The highest BCUT2D eigenvalue weighted by molar-refractivity contribution is 5.31. The first kappa shape index (κ1) is 22.1. The van der Waals surface area contributed by atoms with Crippen LogP contribution in [0.25, 0.3) is 0 Å². The molecule has 154 valence electrons. The summed E-state index contributed by atoms with van der Waals surface area (Å²) in [6.07, 6.45) is -1.62. The van der Waals surface area contributed by atoms with E-state index in [1.807, 2.05) is 24.3 Å². The molecule has 2 atom stereocenters. The van der Waals surface area contributed by atoms with E-state index < -0.39 is 12.6 Å². The minimum Gasteiger partial charge on any atom is -0.497 e. The van der Waals surface area contributed by atoms with Crippen LogP contribution in [0.1, 0.15) is 23.7 Å². The molecule has 0 spiro atoms. The normalized spacial score (nSPS) is 13.1. The zero-order valence-electron chi connectivity index (χ0n) is 16.5. The van der Waals surface area contributed by atoms with Gasteiger partial charge in [0.25, 0.3) is 0 Å². The smallest absolute Gasteiger partial charge is 0.226 e. The van der Waals surface area contributed by atoms with Gasteiger partial charge in [0.2, 0.25) is 6.29 Å². The van der Waals surface area contributed by atoms with Crippen LogP contribution in [0.15, 0.2) is 48.5 Å². The molecular formula is C21H28O7. The molecule has 0 heterocycles. The van der Waals surface area contributed by atoms with Crippen LogP contribution < -0.4 is 9.47 Å². The molecule has 0 aliphatic carbocycles. The maximum Gasteiger partial charge on any atom is 0.226 e. The average molecular weight is 392 g/mol. The summed E-state index contributed by atoms with van der Waals surface area (Å²) in [6, 6.07) is 14.5. The van der Waals surface area contributed by atoms with Crippen LogP contribution >= 0.6 is 0 Å². The molecule has 0 radical (unpaired) electrons. The zero-order chi connectivity index (χ0) is 20.2. The first-order valence-electron chi connectivity index (χ1n) is 8.97. The molecule has 2 aromatic carbocycles. The molecule has 0 saturated carbocycles. The van der Waals surface area contributed by atoms with E-state index in [2.05, 4.69) is 0 Å². The Morgan fingerprint density at radius 3 is 1.79 bits per heavy atom. The van der Waals surface area contributed by atoms with Crippen molar-refractivity contribution in [3.05, 3.63) is 59.7 Å². The molecule has 7 heteroatoms. The minimum absolute atomic E-state index is 0.308. The van der Waals surface area contributed by atoms with Crippen molar-refractivity contribution in [3.63, 3.8) is 0 Å². The van der Waals surface area contributed by atoms with Gasteiger partial charge in [-0.1, -0.05) is 12.1 Å². The van der Waals surface area contributed by atoms with Gasteiger partial charge in [-0.3, -0.25) is 0 Å². The molecule has 2 aromatic rings. The Morgan fingerprint density at radius 1 is 0.679 bits per heavy atom. The van der Waals surface area contributed by atoms with E-state index in [0.29, 0.717) is 37.7 Å². The van der Waals surface area contributed by atoms with Gasteiger partial charge in [-0.2, -0.15) is 0 Å². The predicted octanol–water partition coefficient (Wildman–Crippen LogP) is 3.09. The number of hydrogen-bond donors (Lipinski definition) is 1. The summed E-state index contributed by atoms with van der Waals surface area (Å²) in [7, 11) is 4.81. The Kier molecular flexibility index (Phi) is 9.74. The van der Waals surface area contributed by atoms with E-state index in [1.165, 1.54) is 0 Å². The lowest BCUT2D eigenvalue weighted by Crippen LogP contribution is -2.15. The van der Waals surface area contributed by atoms with E-state index in [4.69, 9.17) is 28.4 Å². The number of aliphatic hydroxyl groups is 1. The highest BCUT2D eigenvalue weighted by atomic mass is 16.7. The predicted molar refractivity (Wildman–Crippen MR) is 103 cm³/mol. The first-order valence-corrected chi connectivity index (χ1v) is 8.97. The summed E-state index contributed by atoms with van der Waals surface area (Å²) in [5.74, 6) is 1.36. The van der Waals surface area contributed by atoms with E-state index in [0.717, 1.165) is 11.3 Å². The number of ether oxygens (including phenoxy) is 6. The molecule has 7 nitrogen and oxygen atoms in total. The maximum absolute atomic E-state index is 10.0. The number of methoxy groups -OCH3 is 3. The van der Waals surface area contributed by atoms with Crippen LogP contribution in [0.4, 0.5) is 0 Å². The zero-order valence-corrected chi connectivity index (χ0v) is 16.5. The summed E-state index contributed by atoms with van der Waals surface area (Å²) in [5, 5.41) is 10.0. The van der Waals surface area contributed by atoms with Crippen molar-refractivity contribution in [2.45, 2.75) is 12.6 Å². The first-order chi connectivity index (χ1) is 13.7. The van der Waals surface area contributed by atoms with Crippen molar-refractivity contribution in [2.24, 2.45) is 0 Å². The Morgan fingerprint density at radius 2 is 1.21 bits per heavy atom. The van der Waals surface area contributed by atoms with Crippen LogP contribution in [0.5, 0.6) is 11.5 Å². The molecule has 0 saturated heterocycles. The van der Waals surface area contributed by atoms with Gasteiger partial charge in [-0.25, -0.2) is 0 Å². The second kappa shape index (κ2) is 12.3. The molecular weight excluding hydrogens is 364 g/mol. The van der Waals surface area contributed by atoms with Gasteiger partial charge in [0, 0.05) is 25.3 Å². The maximum atomic E-state index is 10.0. The summed E-state index contributed by atoms with van der Waals surface area (Å²) < 4.78 is 32.2. The molecule has 28 heavy (non-hydrogen) atoms. The Bertz CT molecular complexity index is 657. The van der Waals surface area contributed by atoms with Gasteiger partial charge in [0.05, 0.1) is 33.5 Å². The number of aliphatic hydroxyl groups excluding tert-OH is 1. The standard InChI is InChI=1S/C21H28O7/c1-23-12-14-26-20(22)16-4-10-19(11-5-16)28-21(27-15-13-24-2)17-6-8-18(25-3)9-7-17/h4-11,20-22H,12-15H2,1-3H3. The third-order valence-corrected chi connectivity index (χ3v) is 3.92. The fourth-order valence-corrected chi connectivity index (χ4v) is 2.37. The van der Waals surface area contributed by atoms with Gasteiger partial charge < -0.3 is 33.5 Å². The van der Waals surface area contributed by atoms with Crippen molar-refractivity contribution < 1.29 is 33.5 Å². The van der Waals surface area contributed by atoms with Gasteiger partial charge >= 0.3 is 0 Å². The molecule has 0 bridgehead atoms. The fraction of sp³-hybridized carbons (Fsp3) is 0.429. The topological polar surface area (TPSA) is 75.6 Å². The third-order valence-electron chi connectivity index (χ3n) is 3.92. The number of rotatable bonds is 13. The second-order valence-corrected chi connectivity index (χ2v) is 5.87. The fourth-order valence-electron chi connectivity index (χ4n) is 2.37. The Hall–Kier alpha value is -2.16. The Labute approximate surface area is 165 Å². The molecule has 2 rings (SSSR count). The van der Waals surface area contributed by atoms with Crippen LogP contribution in [0, 0.1) is 0 Å². The summed E-state index contributed by atoms with van der Waals surface area (Å²) in [4.78, 5) is 0. The van der Waals surface area contributed by atoms with Crippen LogP contribution in [0.2, 0.25) is 0 Å². The summed E-state index contributed by atoms with van der Waals surface area (Å²) in [5.41, 5.74) is 1.48. The van der Waals surface area contributed by atoms with Crippen LogP contribution in [-0.2, 0) is 18.9 Å². The molecule has 0 fully saturated rings. The lowest BCUT2D eigenvalue weighted by Gasteiger charge is -2.20. The second-order valence-electron chi connectivity index (χ2n) is 5.87. The van der Waals surface area contributed by atoms with Gasteiger partial charge in [-0.15, -0.1) is 0 Å². The summed E-state index contributed by atoms with van der Waals surface area (Å²) in [6.45, 7) is 1.57. The number of hydrogen-bond acceptors (Lipinski definition) is 7. The average Bonchev–Trinajstić information content (AvgIpc) is 2.74. The van der Waals surface area contributed by atoms with Crippen molar-refractivity contribution in [1.82, 2.24) is 0 Å². The lowest BCUT2D eigenvalue weighted by atomic mass is 10.2. The minimum atomic E-state index is -1.01. The van der Waals surface area contributed by atoms with Crippen molar-refractivity contribution >= 4 is 0 Å². The van der Waals surface area contributed by atoms with E-state index in [9.17, 15) is 5.11 Å². The van der Waals surface area contributed by atoms with Gasteiger partial charge in [0.15, 0.2) is 6.29 Å². The number of benzene rings is 2. The highest BCUT2D eigenvalue weighted by Crippen LogP contribution is 2.26. The highest BCUT2D eigenvalue weighted by Gasteiger charge is 2.15. The lowest BCUT2D eigenvalue weighted by molar-refractivity contribution is -0.113. The quantitative estimate of drug-likeness (QED) is 0.415. The SMILES string of the molecule is COCCOC(O)c1ccc(OC(OCCOC)c2ccc(OC)cc2)cc1. The Balaban J connectivity index is 2.03. The van der Waals surface area contributed by atoms with E-state index >= 15 is 0 Å². The largest absolute Gasteiger partial charge is 0.497 e. The van der Waals surface area contributed by atoms with Crippen molar-refractivity contribution in [1.29, 1.82) is 0 Å². The molecule has 1 N–H and O–H groups in total. The van der Waals surface area contributed by atoms with E-state index in [1.54, 1.807) is 45.6 Å². The molecule has 0 aromatic heterocycles.